The van der Waals surface area contributed by atoms with Crippen LogP contribution in [0.4, 0.5) is 5.69 Å². The van der Waals surface area contributed by atoms with Gasteiger partial charge in [-0.1, -0.05) is 38.1 Å². The van der Waals surface area contributed by atoms with Crippen LogP contribution in [0.2, 0.25) is 0 Å². The lowest BCUT2D eigenvalue weighted by molar-refractivity contribution is -0.120. The van der Waals surface area contributed by atoms with E-state index >= 15 is 0 Å². The van der Waals surface area contributed by atoms with Crippen LogP contribution in [0.5, 0.6) is 11.5 Å². The van der Waals surface area contributed by atoms with Crippen molar-refractivity contribution in [3.63, 3.8) is 0 Å². The van der Waals surface area contributed by atoms with Gasteiger partial charge < -0.3 is 14.4 Å². The van der Waals surface area contributed by atoms with Gasteiger partial charge in [-0.3, -0.25) is 9.59 Å². The average molecular weight is 421 g/mol. The molecule has 6 nitrogen and oxygen atoms in total. The minimum absolute atomic E-state index is 0.276. The summed E-state index contributed by atoms with van der Waals surface area (Å²) in [5, 5.41) is 0. The van der Waals surface area contributed by atoms with Crippen LogP contribution in [-0.2, 0) is 9.59 Å². The number of carbonyl (C=O) groups excluding carboxylic acids is 2. The van der Waals surface area contributed by atoms with Crippen molar-refractivity contribution in [1.82, 2.24) is 4.90 Å². The number of anilines is 1. The second-order valence-corrected chi connectivity index (χ2v) is 8.43. The van der Waals surface area contributed by atoms with Crippen molar-refractivity contribution >= 4 is 23.1 Å². The van der Waals surface area contributed by atoms with Crippen molar-refractivity contribution in [2.75, 3.05) is 32.2 Å². The molecule has 2 aliphatic rings. The Balaban J connectivity index is 1.86. The van der Waals surface area contributed by atoms with E-state index in [0.717, 1.165) is 19.5 Å². The van der Waals surface area contributed by atoms with E-state index in [-0.39, 0.29) is 11.8 Å². The first-order valence-corrected chi connectivity index (χ1v) is 10.6. The van der Waals surface area contributed by atoms with Crippen molar-refractivity contribution in [2.45, 2.75) is 20.3 Å². The molecule has 2 aromatic carbocycles. The molecule has 2 unspecified atom stereocenters. The molecule has 2 heterocycles. The third-order valence-electron chi connectivity index (χ3n) is 5.93. The van der Waals surface area contributed by atoms with Gasteiger partial charge in [-0.15, -0.1) is 0 Å². The average Bonchev–Trinajstić information content (AvgIpc) is 3.03. The van der Waals surface area contributed by atoms with Gasteiger partial charge in [0, 0.05) is 13.1 Å². The number of ether oxygens (including phenoxy) is 2. The lowest BCUT2D eigenvalue weighted by Crippen LogP contribution is -2.41. The smallest absolute Gasteiger partial charge is 0.282 e. The zero-order valence-electron chi connectivity index (χ0n) is 18.4. The van der Waals surface area contributed by atoms with Gasteiger partial charge in [-0.2, -0.15) is 0 Å². The summed E-state index contributed by atoms with van der Waals surface area (Å²) in [6.45, 7) is 5.88. The number of imide groups is 1. The highest BCUT2D eigenvalue weighted by Crippen LogP contribution is 2.39. The molecule has 4 rings (SSSR count). The summed E-state index contributed by atoms with van der Waals surface area (Å²) in [6, 6.07) is 14.4. The molecule has 2 amide bonds. The number of rotatable bonds is 5. The fourth-order valence-electron chi connectivity index (χ4n) is 4.72. The first-order valence-electron chi connectivity index (χ1n) is 10.6. The fourth-order valence-corrected chi connectivity index (χ4v) is 4.72. The number of methoxy groups -OCH3 is 2. The molecule has 0 aliphatic carbocycles. The molecule has 1 fully saturated rings. The zero-order valence-corrected chi connectivity index (χ0v) is 18.4. The SMILES string of the molecule is COc1ccc(C2=C(N3CC(C)CC(C)C3)C(=O)N(c3ccccc3)C2=O)cc1OC. The molecule has 2 aliphatic heterocycles. The molecule has 31 heavy (non-hydrogen) atoms. The van der Waals surface area contributed by atoms with Gasteiger partial charge in [0.05, 0.1) is 25.5 Å². The quantitative estimate of drug-likeness (QED) is 0.685. The lowest BCUT2D eigenvalue weighted by atomic mass is 9.91. The molecule has 0 N–H and O–H groups in total. The third kappa shape index (κ3) is 3.78. The summed E-state index contributed by atoms with van der Waals surface area (Å²) in [6.07, 6.45) is 1.11. The molecule has 6 heteroatoms. The van der Waals surface area contributed by atoms with Crippen LogP contribution in [0.25, 0.3) is 5.57 Å². The highest BCUT2D eigenvalue weighted by atomic mass is 16.5. The second kappa shape index (κ2) is 8.46. The van der Waals surface area contributed by atoms with E-state index in [1.165, 1.54) is 4.90 Å². The van der Waals surface area contributed by atoms with Crippen LogP contribution in [0, 0.1) is 11.8 Å². The summed E-state index contributed by atoms with van der Waals surface area (Å²) in [5.74, 6) is 1.38. The molecule has 1 saturated heterocycles. The number of amides is 2. The number of hydrogen-bond donors (Lipinski definition) is 0. The Labute approximate surface area is 183 Å². The molecule has 0 spiro atoms. The summed E-state index contributed by atoms with van der Waals surface area (Å²) < 4.78 is 10.8. The minimum Gasteiger partial charge on any atom is -0.493 e. The van der Waals surface area contributed by atoms with E-state index in [0.29, 0.717) is 45.9 Å². The van der Waals surface area contributed by atoms with Crippen LogP contribution >= 0.6 is 0 Å². The Morgan fingerprint density at radius 3 is 2.10 bits per heavy atom. The summed E-state index contributed by atoms with van der Waals surface area (Å²) in [7, 11) is 3.13. The number of nitrogens with zero attached hydrogens (tertiary/aromatic N) is 2. The number of likely N-dealkylation sites (tertiary alicyclic amines) is 1. The number of para-hydroxylation sites is 1. The zero-order chi connectivity index (χ0) is 22.1. The molecule has 162 valence electrons. The topological polar surface area (TPSA) is 59.1 Å². The van der Waals surface area contributed by atoms with Gasteiger partial charge in [0.1, 0.15) is 5.70 Å². The summed E-state index contributed by atoms with van der Waals surface area (Å²) in [4.78, 5) is 30.6. The van der Waals surface area contributed by atoms with E-state index in [4.69, 9.17) is 9.47 Å². The molecule has 0 aromatic heterocycles. The van der Waals surface area contributed by atoms with E-state index in [2.05, 4.69) is 18.7 Å². The van der Waals surface area contributed by atoms with E-state index in [1.54, 1.807) is 38.5 Å². The maximum absolute atomic E-state index is 13.6. The highest BCUT2D eigenvalue weighted by Gasteiger charge is 2.43. The molecule has 2 aromatic rings. The second-order valence-electron chi connectivity index (χ2n) is 8.43. The van der Waals surface area contributed by atoms with Crippen molar-refractivity contribution in [3.05, 3.63) is 59.8 Å². The Morgan fingerprint density at radius 1 is 0.839 bits per heavy atom. The number of hydrogen-bond acceptors (Lipinski definition) is 5. The Hall–Kier alpha value is -3.28. The minimum atomic E-state index is -0.315. The number of benzene rings is 2. The van der Waals surface area contributed by atoms with Gasteiger partial charge >= 0.3 is 0 Å². The normalized spacial score (nSPS) is 21.7. The van der Waals surface area contributed by atoms with Crippen molar-refractivity contribution in [3.8, 4) is 11.5 Å². The largest absolute Gasteiger partial charge is 0.493 e. The van der Waals surface area contributed by atoms with Crippen molar-refractivity contribution in [1.29, 1.82) is 0 Å². The Morgan fingerprint density at radius 2 is 1.48 bits per heavy atom. The molecule has 2 atom stereocenters. The maximum Gasteiger partial charge on any atom is 0.282 e. The molecule has 0 radical (unpaired) electrons. The first kappa shape index (κ1) is 21.0. The van der Waals surface area contributed by atoms with Gasteiger partial charge in [0.2, 0.25) is 0 Å². The summed E-state index contributed by atoms with van der Waals surface area (Å²) in [5.41, 5.74) is 2.11. The fraction of sp³-hybridized carbons (Fsp3) is 0.360. The van der Waals surface area contributed by atoms with Gasteiger partial charge in [0.15, 0.2) is 11.5 Å². The van der Waals surface area contributed by atoms with Crippen LogP contribution in [0.1, 0.15) is 25.8 Å². The third-order valence-corrected chi connectivity index (χ3v) is 5.93. The first-order chi connectivity index (χ1) is 14.9. The van der Waals surface area contributed by atoms with E-state index < -0.39 is 0 Å². The Kier molecular flexibility index (Phi) is 5.72. The predicted molar refractivity (Wildman–Crippen MR) is 120 cm³/mol. The van der Waals surface area contributed by atoms with Gasteiger partial charge in [-0.25, -0.2) is 4.90 Å². The molecule has 0 saturated carbocycles. The molecule has 0 bridgehead atoms. The maximum atomic E-state index is 13.6. The van der Waals surface area contributed by atoms with Crippen molar-refractivity contribution in [2.24, 2.45) is 11.8 Å². The molecular formula is C25H28N2O4. The molecular weight excluding hydrogens is 392 g/mol. The van der Waals surface area contributed by atoms with Gasteiger partial charge in [0.25, 0.3) is 11.8 Å². The lowest BCUT2D eigenvalue weighted by Gasteiger charge is -2.37. The van der Waals surface area contributed by atoms with Crippen molar-refractivity contribution < 1.29 is 19.1 Å². The Bertz CT molecular complexity index is 1020. The predicted octanol–water partition coefficient (Wildman–Crippen LogP) is 3.97. The van der Waals surface area contributed by atoms with Crippen LogP contribution in [0.15, 0.2) is 54.2 Å². The number of piperidine rings is 1. The van der Waals surface area contributed by atoms with Crippen LogP contribution in [-0.4, -0.2) is 44.0 Å². The number of carbonyl (C=O) groups is 2. The van der Waals surface area contributed by atoms with Crippen LogP contribution in [0.3, 0.4) is 0 Å². The summed E-state index contributed by atoms with van der Waals surface area (Å²) >= 11 is 0. The van der Waals surface area contributed by atoms with Gasteiger partial charge in [-0.05, 0) is 48.1 Å². The van der Waals surface area contributed by atoms with Crippen LogP contribution < -0.4 is 14.4 Å². The highest BCUT2D eigenvalue weighted by molar-refractivity contribution is 6.45. The standard InChI is InChI=1S/C25H28N2O4/c1-16-12-17(2)15-26(14-16)23-22(18-10-11-20(30-3)21(13-18)31-4)24(28)27(25(23)29)19-8-6-5-7-9-19/h5-11,13,16-17H,12,14-15H2,1-4H3. The monoisotopic (exact) mass is 420 g/mol. The van der Waals surface area contributed by atoms with E-state index in [1.807, 2.05) is 24.3 Å². The van der Waals surface area contributed by atoms with E-state index in [9.17, 15) is 9.59 Å².